The molecule has 2 saturated heterocycles. The van der Waals surface area contributed by atoms with Gasteiger partial charge in [0.15, 0.2) is 0 Å². The maximum Gasteiger partial charge on any atom is 0.334 e. The maximum atomic E-state index is 12.4. The molecule has 0 aromatic carbocycles. The van der Waals surface area contributed by atoms with Gasteiger partial charge in [0, 0.05) is 38.9 Å². The third-order valence-electron chi connectivity index (χ3n) is 4.85. The molecule has 0 aliphatic carbocycles. The van der Waals surface area contributed by atoms with Gasteiger partial charge in [-0.1, -0.05) is 20.8 Å². The van der Waals surface area contributed by atoms with Gasteiger partial charge in [-0.05, 0) is 24.8 Å². The van der Waals surface area contributed by atoms with E-state index in [2.05, 4.69) is 36.3 Å². The summed E-state index contributed by atoms with van der Waals surface area (Å²) >= 11 is 0. The molecule has 0 aromatic heterocycles. The second-order valence-corrected chi connectivity index (χ2v) is 8.88. The molecule has 2 aliphatic rings. The van der Waals surface area contributed by atoms with Crippen molar-refractivity contribution in [2.75, 3.05) is 26.2 Å². The lowest BCUT2D eigenvalue weighted by Crippen LogP contribution is -2.46. The first-order chi connectivity index (χ1) is 14.1. The van der Waals surface area contributed by atoms with Crippen LogP contribution < -0.4 is 10.6 Å². The Balaban J connectivity index is 1.60. The van der Waals surface area contributed by atoms with E-state index in [0.717, 1.165) is 25.9 Å². The van der Waals surface area contributed by atoms with Crippen LogP contribution in [-0.2, 0) is 28.8 Å². The largest absolute Gasteiger partial charge is 0.355 e. The van der Waals surface area contributed by atoms with Crippen molar-refractivity contribution in [3.8, 4) is 0 Å². The number of carbonyl (C=O) groups excluding carboxylic acids is 5. The lowest BCUT2D eigenvalue weighted by molar-refractivity contribution is -0.197. The summed E-state index contributed by atoms with van der Waals surface area (Å²) in [4.78, 5) is 65.7. The van der Waals surface area contributed by atoms with Gasteiger partial charge < -0.3 is 15.5 Å². The van der Waals surface area contributed by atoms with Gasteiger partial charge in [0.05, 0.1) is 12.5 Å². The van der Waals surface area contributed by atoms with Crippen LogP contribution in [0.3, 0.4) is 0 Å². The first kappa shape index (κ1) is 23.8. The summed E-state index contributed by atoms with van der Waals surface area (Å²) in [5.41, 5.74) is 0.110. The Kier molecular flexibility index (Phi) is 8.33. The molecule has 0 bridgehead atoms. The van der Waals surface area contributed by atoms with Gasteiger partial charge >= 0.3 is 5.97 Å². The molecule has 2 rings (SSSR count). The first-order valence-corrected chi connectivity index (χ1v) is 10.4. The molecule has 0 radical (unpaired) electrons. The van der Waals surface area contributed by atoms with Crippen molar-refractivity contribution in [2.24, 2.45) is 5.41 Å². The monoisotopic (exact) mass is 433 g/mol. The van der Waals surface area contributed by atoms with Crippen LogP contribution in [0.4, 0.5) is 0 Å². The number of amides is 4. The lowest BCUT2D eigenvalue weighted by atomic mass is 10.1. The Morgan fingerprint density at radius 3 is 2.30 bits per heavy atom. The number of nitrogens with one attached hydrogen (secondary N) is 2. The number of likely N-dealkylation sites (tertiary alicyclic amines) is 1. The molecule has 10 heteroatoms. The molecular weight excluding hydrogens is 401 g/mol. The van der Waals surface area contributed by atoms with Crippen LogP contribution in [0.5, 0.6) is 0 Å². The molecule has 168 valence electrons. The van der Waals surface area contributed by atoms with Crippen LogP contribution in [0.2, 0.25) is 0 Å². The van der Waals surface area contributed by atoms with Crippen molar-refractivity contribution in [1.82, 2.24) is 20.6 Å². The smallest absolute Gasteiger partial charge is 0.334 e. The van der Waals surface area contributed by atoms with E-state index in [9.17, 15) is 24.0 Å². The quantitative estimate of drug-likeness (QED) is 0.301. The van der Waals surface area contributed by atoms with E-state index >= 15 is 0 Å². The molecule has 2 N–H and O–H groups in total. The van der Waals surface area contributed by atoms with Gasteiger partial charge in [0.25, 0.3) is 11.8 Å². The summed E-state index contributed by atoms with van der Waals surface area (Å²) in [5.74, 6) is -2.23. The third kappa shape index (κ3) is 7.40. The standard InChI is InChI=1S/C20H32N4O6/c1-20(2,3)13-23-12-4-5-14(23)19(29)22-10-8-15(25)21-11-9-18(28)30-24-16(26)6-7-17(24)27/h14H,4-13H2,1-3H3,(H,21,25)(H,22,29)/i8+1,9+1,10+1,11+1,13+1,15+1,18+1,21+1,22+1. The Hall–Kier alpha value is -2.49. The van der Waals surface area contributed by atoms with Crippen molar-refractivity contribution in [1.29, 1.82) is 0 Å². The summed E-state index contributed by atoms with van der Waals surface area (Å²) in [7, 11) is 0. The van der Waals surface area contributed by atoms with Gasteiger partial charge in [-0.15, -0.1) is 5.06 Å². The zero-order chi connectivity index (χ0) is 22.3. The highest BCUT2D eigenvalue weighted by molar-refractivity contribution is 6.01. The summed E-state index contributed by atoms with van der Waals surface area (Å²) < 4.78 is 0. The zero-order valence-corrected chi connectivity index (χ0v) is 18.0. The van der Waals surface area contributed by atoms with Crippen molar-refractivity contribution in [3.05, 3.63) is 0 Å². The predicted octanol–water partition coefficient (Wildman–Crippen LogP) is 0.117. The SMILES string of the molecule is CC(C)(C)[13CH2]N1CCCC1C(=O)[15NH][13CH2][13CH2][13C](=O)[15NH][13CH2][13CH2][13C](=O)ON1C(=O)CCC1=O. The predicted molar refractivity (Wildman–Crippen MR) is 106 cm³/mol. The number of hydrogen-bond acceptors (Lipinski definition) is 7. The highest BCUT2D eigenvalue weighted by Crippen LogP contribution is 2.23. The van der Waals surface area contributed by atoms with Crippen molar-refractivity contribution in [2.45, 2.75) is 65.3 Å². The number of rotatable bonds is 9. The minimum absolute atomic E-state index is 0.0177. The van der Waals surface area contributed by atoms with E-state index in [1.807, 2.05) is 0 Å². The highest BCUT2D eigenvalue weighted by Gasteiger charge is 2.33. The molecule has 0 saturated carbocycles. The van der Waals surface area contributed by atoms with Gasteiger partial charge in [-0.25, -0.2) is 4.79 Å². The summed E-state index contributed by atoms with van der Waals surface area (Å²) in [5, 5.41) is 5.85. The molecule has 10 nitrogen and oxygen atoms in total. The molecule has 2 aliphatic heterocycles. The number of carbonyl (C=O) groups is 5. The maximum absolute atomic E-state index is 12.4. The molecule has 1 atom stereocenters. The van der Waals surface area contributed by atoms with Crippen molar-refractivity contribution < 1.29 is 28.8 Å². The average Bonchev–Trinajstić information content (AvgIpc) is 3.21. The van der Waals surface area contributed by atoms with Gasteiger partial charge in [0.2, 0.25) is 11.8 Å². The summed E-state index contributed by atoms with van der Waals surface area (Å²) in [6, 6.07) is -0.155. The van der Waals surface area contributed by atoms with E-state index in [1.165, 1.54) is 0 Å². The van der Waals surface area contributed by atoms with Gasteiger partial charge in [-0.3, -0.25) is 24.1 Å². The second kappa shape index (κ2) is 10.5. The molecule has 1 unspecified atom stereocenters. The van der Waals surface area contributed by atoms with Gasteiger partial charge in [-0.2, -0.15) is 0 Å². The van der Waals surface area contributed by atoms with Crippen molar-refractivity contribution >= 4 is 29.6 Å². The second-order valence-electron chi connectivity index (χ2n) is 8.88. The van der Waals surface area contributed by atoms with Crippen LogP contribution in [-0.4, -0.2) is 71.8 Å². The van der Waals surface area contributed by atoms with Crippen LogP contribution in [0.1, 0.15) is 59.3 Å². The van der Waals surface area contributed by atoms with Crippen LogP contribution in [0, 0.1) is 5.41 Å². The minimum atomic E-state index is -0.771. The van der Waals surface area contributed by atoms with E-state index < -0.39 is 17.8 Å². The van der Waals surface area contributed by atoms with E-state index in [1.54, 1.807) is 0 Å². The Bertz CT molecular complexity index is 671. The van der Waals surface area contributed by atoms with Crippen LogP contribution in [0.25, 0.3) is 0 Å². The fourth-order valence-corrected chi connectivity index (χ4v) is 3.54. The lowest BCUT2D eigenvalue weighted by Gasteiger charge is -2.30. The number of imide groups is 1. The molecule has 0 spiro atoms. The molecule has 2 fully saturated rings. The molecule has 2 heterocycles. The number of nitrogens with zero attached hydrogens (tertiary/aromatic N) is 2. The average molecular weight is 433 g/mol. The van der Waals surface area contributed by atoms with Crippen LogP contribution in [0.15, 0.2) is 0 Å². The highest BCUT2D eigenvalue weighted by atomic mass is 16.8. The molecule has 30 heavy (non-hydrogen) atoms. The van der Waals surface area contributed by atoms with E-state index in [0.29, 0.717) is 5.06 Å². The molecule has 4 amide bonds. The van der Waals surface area contributed by atoms with Crippen molar-refractivity contribution in [3.63, 3.8) is 0 Å². The topological polar surface area (TPSA) is 125 Å². The Morgan fingerprint density at radius 1 is 1.03 bits per heavy atom. The molecular formula is C20H32N4O6. The van der Waals surface area contributed by atoms with E-state index in [4.69, 9.17) is 4.84 Å². The molecule has 0 aromatic rings. The number of hydroxylamine groups is 2. The fourth-order valence-electron chi connectivity index (χ4n) is 3.54. The fraction of sp³-hybridized carbons (Fsp3) is 0.750. The van der Waals surface area contributed by atoms with Crippen LogP contribution >= 0.6 is 0 Å². The Labute approximate surface area is 176 Å². The minimum Gasteiger partial charge on any atom is -0.355 e. The zero-order valence-electron chi connectivity index (χ0n) is 18.0. The normalized spacial score (nSPS) is 19.8. The Morgan fingerprint density at radius 2 is 1.67 bits per heavy atom. The first-order valence-electron chi connectivity index (χ1n) is 10.4. The number of hydrogen-bond donors (Lipinski definition) is 2. The van der Waals surface area contributed by atoms with Gasteiger partial charge in [0.1, 0.15) is 0 Å². The van der Waals surface area contributed by atoms with E-state index in [-0.39, 0.29) is 62.0 Å². The third-order valence-corrected chi connectivity index (χ3v) is 4.85. The summed E-state index contributed by atoms with van der Waals surface area (Å²) in [6.45, 7) is 8.40. The summed E-state index contributed by atoms with van der Waals surface area (Å²) in [6.07, 6.45) is 1.79.